The first-order chi connectivity index (χ1) is 24.6. The van der Waals surface area contributed by atoms with Crippen molar-refractivity contribution in [1.29, 1.82) is 0 Å². The largest absolute Gasteiger partial charge is 0.494 e. The minimum Gasteiger partial charge on any atom is -0.494 e. The van der Waals surface area contributed by atoms with Crippen molar-refractivity contribution in [3.8, 4) is 5.88 Å². The minimum absolute atomic E-state index is 0.0203. The lowest BCUT2D eigenvalue weighted by Crippen LogP contribution is -2.28. The third-order valence-corrected chi connectivity index (χ3v) is 8.03. The summed E-state index contributed by atoms with van der Waals surface area (Å²) >= 11 is 15.7. The smallest absolute Gasteiger partial charge is 0.296 e. The van der Waals surface area contributed by atoms with Crippen molar-refractivity contribution in [3.05, 3.63) is 74.1 Å². The van der Waals surface area contributed by atoms with Gasteiger partial charge in [0.25, 0.3) is 20.8 Å². The molecule has 0 atom stereocenters. The van der Waals surface area contributed by atoms with E-state index in [4.69, 9.17) is 29.8 Å². The van der Waals surface area contributed by atoms with Crippen LogP contribution in [0.5, 0.6) is 5.88 Å². The number of rotatable bonds is 12. The molecule has 4 aromatic rings. The van der Waals surface area contributed by atoms with Crippen molar-refractivity contribution in [2.24, 2.45) is 10.2 Å². The Morgan fingerprint density at radius 2 is 1.79 bits per heavy atom. The Morgan fingerprint density at radius 3 is 2.35 bits per heavy atom. The van der Waals surface area contributed by atoms with Gasteiger partial charge in [0.1, 0.15) is 22.1 Å². The first-order valence-electron chi connectivity index (χ1n) is 14.1. The summed E-state index contributed by atoms with van der Waals surface area (Å²) in [5, 5.41) is 44.1. The second kappa shape index (κ2) is 20.1. The van der Waals surface area contributed by atoms with E-state index in [1.807, 2.05) is 0 Å². The van der Waals surface area contributed by atoms with E-state index < -0.39 is 60.6 Å². The highest BCUT2D eigenvalue weighted by molar-refractivity contribution is 7.94. The fourth-order valence-electron chi connectivity index (χ4n) is 3.94. The van der Waals surface area contributed by atoms with E-state index in [0.717, 1.165) is 16.7 Å². The molecule has 0 aliphatic rings. The summed E-state index contributed by atoms with van der Waals surface area (Å²) in [6.07, 6.45) is 4.15. The number of pyridine rings is 1. The number of hydrogen-bond acceptors (Lipinski definition) is 18. The van der Waals surface area contributed by atoms with Gasteiger partial charge >= 0.3 is 0 Å². The van der Waals surface area contributed by atoms with Gasteiger partial charge in [-0.25, -0.2) is 9.83 Å². The Kier molecular flexibility index (Phi) is 17.0. The number of aromatic nitrogens is 6. The van der Waals surface area contributed by atoms with Gasteiger partial charge < -0.3 is 35.8 Å². The molecular formula is C27H31Cl3N12O8S2. The first kappa shape index (κ1) is 43.9. The molecule has 3 aromatic heterocycles. The molecule has 0 spiro atoms. The molecule has 8 N–H and O–H groups in total. The van der Waals surface area contributed by atoms with Crippen LogP contribution >= 0.6 is 46.8 Å². The molecule has 52 heavy (non-hydrogen) atoms. The zero-order chi connectivity index (χ0) is 39.2. The fraction of sp³-hybridized carbons (Fsp3) is 0.296. The Labute approximate surface area is 315 Å². The van der Waals surface area contributed by atoms with E-state index in [1.165, 1.54) is 38.8 Å². The van der Waals surface area contributed by atoms with Crippen molar-refractivity contribution in [1.82, 2.24) is 34.8 Å². The second-order valence-electron chi connectivity index (χ2n) is 9.50. The zero-order valence-corrected chi connectivity index (χ0v) is 31.3. The Morgan fingerprint density at radius 1 is 1.12 bits per heavy atom. The van der Waals surface area contributed by atoms with Crippen LogP contribution in [0.2, 0.25) is 10.4 Å². The summed E-state index contributed by atoms with van der Waals surface area (Å²) in [6.45, 7) is 10.2. The molecule has 0 amide bonds. The summed E-state index contributed by atoms with van der Waals surface area (Å²) in [7, 11) is -3.06. The van der Waals surface area contributed by atoms with Crippen LogP contribution in [0.15, 0.2) is 50.6 Å². The van der Waals surface area contributed by atoms with Gasteiger partial charge in [-0.2, -0.15) is 23.4 Å². The van der Waals surface area contributed by atoms with E-state index in [2.05, 4.69) is 67.5 Å². The maximum absolute atomic E-state index is 13.0. The van der Waals surface area contributed by atoms with Crippen molar-refractivity contribution in [2.45, 2.75) is 30.4 Å². The lowest BCUT2D eigenvalue weighted by Gasteiger charge is -2.23. The maximum Gasteiger partial charge on any atom is 0.296 e. The number of halogens is 3. The summed E-state index contributed by atoms with van der Waals surface area (Å²) in [6, 6.07) is 3.43. The van der Waals surface area contributed by atoms with E-state index in [-0.39, 0.29) is 40.1 Å². The van der Waals surface area contributed by atoms with Crippen LogP contribution in [0.25, 0.3) is 4.85 Å². The SMILES string of the molecule is CCl.CCn1c(O)c(C(O)(O)SO)c(C)c(N=Nc2cc(Nc3nc(Cl)nc(NCCNC)n3)ccc2S(=O)(=O)O)c1=O.[C-]#[N+]c1cncnc1Cl. The summed E-state index contributed by atoms with van der Waals surface area (Å²) < 4.78 is 43.8. The van der Waals surface area contributed by atoms with Crippen LogP contribution in [0.3, 0.4) is 0 Å². The number of hydrogen-bond donors (Lipinski definition) is 8. The van der Waals surface area contributed by atoms with E-state index in [0.29, 0.717) is 18.8 Å². The minimum atomic E-state index is -4.83. The molecule has 0 unspecified atom stereocenters. The predicted octanol–water partition coefficient (Wildman–Crippen LogP) is 4.59. The predicted molar refractivity (Wildman–Crippen MR) is 195 cm³/mol. The van der Waals surface area contributed by atoms with Gasteiger partial charge in [0.05, 0.1) is 24.2 Å². The highest BCUT2D eigenvalue weighted by atomic mass is 35.5. The average molecular weight is 822 g/mol. The number of aliphatic hydroxyl groups is 2. The lowest BCUT2D eigenvalue weighted by molar-refractivity contribution is -0.0880. The van der Waals surface area contributed by atoms with Crippen LogP contribution in [0.1, 0.15) is 18.1 Å². The molecule has 0 fully saturated rings. The quantitative estimate of drug-likeness (QED) is 0.0142. The molecule has 3 heterocycles. The number of alkyl halides is 1. The molecule has 0 aliphatic heterocycles. The van der Waals surface area contributed by atoms with Gasteiger partial charge in [-0.3, -0.25) is 18.9 Å². The van der Waals surface area contributed by atoms with E-state index in [9.17, 15) is 37.6 Å². The van der Waals surface area contributed by atoms with Gasteiger partial charge in [-0.15, -0.1) is 21.8 Å². The first-order valence-corrected chi connectivity index (χ1v) is 17.9. The summed E-state index contributed by atoms with van der Waals surface area (Å²) in [5.74, 6) is -0.692. The van der Waals surface area contributed by atoms with E-state index in [1.54, 1.807) is 7.05 Å². The Hall–Kier alpha value is -4.28. The van der Waals surface area contributed by atoms with Crippen LogP contribution in [0.4, 0.5) is 34.6 Å². The molecule has 0 saturated carbocycles. The Balaban J connectivity index is 0.000000731. The number of likely N-dealkylation sites (N-methyl/N-ethyl adjacent to an activating group) is 1. The van der Waals surface area contributed by atoms with Gasteiger partial charge in [0.2, 0.25) is 28.7 Å². The van der Waals surface area contributed by atoms with Gasteiger partial charge in [0.15, 0.2) is 5.69 Å². The lowest BCUT2D eigenvalue weighted by atomic mass is 10.1. The standard InChI is InChI=1S/C21H26ClN9O8S2.C5H2ClN3.CH3Cl/c1-4-31-16(32)14(21(34,35)40-36)10(2)15(17(31)33)30-29-12-9-11(5-6-13(12)41(37,38)39)25-20-27-18(22)26-19(28-20)24-8-7-23-3;1-7-4-2-8-3-9-5(4)6;1-2/h5-6,9,23,32,34-36H,4,7-8H2,1-3H3,(H,37,38,39)(H2,24,25,26,27,28);2-3H;1H3. The normalized spacial score (nSPS) is 11.2. The van der Waals surface area contributed by atoms with Crippen molar-refractivity contribution >= 4 is 91.6 Å². The number of benzene rings is 1. The third-order valence-electron chi connectivity index (χ3n) is 6.21. The highest BCUT2D eigenvalue weighted by Crippen LogP contribution is 2.39. The highest BCUT2D eigenvalue weighted by Gasteiger charge is 2.36. The third kappa shape index (κ3) is 11.6. The molecule has 25 heteroatoms. The summed E-state index contributed by atoms with van der Waals surface area (Å²) in [4.78, 5) is 34.6. The van der Waals surface area contributed by atoms with Crippen molar-refractivity contribution < 1.29 is 32.8 Å². The molecule has 0 radical (unpaired) electrons. The molecule has 0 bridgehead atoms. The maximum atomic E-state index is 13.0. The van der Waals surface area contributed by atoms with Crippen molar-refractivity contribution in [3.63, 3.8) is 0 Å². The molecule has 1 aromatic carbocycles. The molecular weight excluding hydrogens is 791 g/mol. The molecule has 0 saturated heterocycles. The average Bonchev–Trinajstić information content (AvgIpc) is 3.09. The summed E-state index contributed by atoms with van der Waals surface area (Å²) in [5.41, 5.74) is -2.30. The molecule has 280 valence electrons. The number of nitrogens with zero attached hydrogens (tertiary/aromatic N) is 9. The molecule has 0 aliphatic carbocycles. The monoisotopic (exact) mass is 820 g/mol. The van der Waals surface area contributed by atoms with Crippen LogP contribution in [-0.2, 0) is 21.8 Å². The number of azo groups is 1. The van der Waals surface area contributed by atoms with Gasteiger partial charge in [-0.05, 0) is 56.3 Å². The van der Waals surface area contributed by atoms with Gasteiger partial charge in [0, 0.05) is 37.9 Å². The molecule has 20 nitrogen and oxygen atoms in total. The number of nitrogens with one attached hydrogen (secondary N) is 3. The van der Waals surface area contributed by atoms with E-state index >= 15 is 0 Å². The van der Waals surface area contributed by atoms with Crippen LogP contribution < -0.4 is 21.5 Å². The fourth-order valence-corrected chi connectivity index (χ4v) is 5.18. The number of anilines is 3. The van der Waals surface area contributed by atoms with Gasteiger partial charge in [-0.1, -0.05) is 11.6 Å². The zero-order valence-electron chi connectivity index (χ0n) is 27.4. The van der Waals surface area contributed by atoms with Crippen LogP contribution in [0, 0.1) is 13.5 Å². The topological polar surface area (TPSA) is 287 Å². The number of aromatic hydroxyl groups is 1. The molecule has 4 rings (SSSR count). The second-order valence-corrected chi connectivity index (χ2v) is 12.3. The Bertz CT molecular complexity index is 2100. The van der Waals surface area contributed by atoms with Crippen LogP contribution in [-0.4, -0.2) is 88.8 Å². The van der Waals surface area contributed by atoms with Crippen molar-refractivity contribution in [2.75, 3.05) is 37.2 Å².